The first-order valence-electron chi connectivity index (χ1n) is 6.38. The molecule has 0 saturated heterocycles. The summed E-state index contributed by atoms with van der Waals surface area (Å²) in [6, 6.07) is 6.50. The molecule has 2 nitrogen and oxygen atoms in total. The largest absolute Gasteiger partial charge is 0.310 e. The standard InChI is InChI=1S/C15H15BrClFN2/c1-2-20-15(11-5-12(16)9-19-8-11)7-10-6-13(18)3-4-14(10)17/h3-6,8-9,15,20H,2,7H2,1H3. The number of pyridine rings is 1. The second-order valence-electron chi connectivity index (χ2n) is 4.49. The Hall–Kier alpha value is -0.970. The summed E-state index contributed by atoms with van der Waals surface area (Å²) in [5.41, 5.74) is 1.83. The Balaban J connectivity index is 2.27. The van der Waals surface area contributed by atoms with Crippen molar-refractivity contribution >= 4 is 27.5 Å². The summed E-state index contributed by atoms with van der Waals surface area (Å²) in [5, 5.41) is 3.96. The molecule has 1 aromatic carbocycles. The van der Waals surface area contributed by atoms with Gasteiger partial charge in [0.1, 0.15) is 5.82 Å². The summed E-state index contributed by atoms with van der Waals surface area (Å²) < 4.78 is 14.3. The highest BCUT2D eigenvalue weighted by Gasteiger charge is 2.14. The normalized spacial score (nSPS) is 12.4. The fourth-order valence-corrected chi connectivity index (χ4v) is 2.67. The average molecular weight is 358 g/mol. The van der Waals surface area contributed by atoms with Gasteiger partial charge in [0.05, 0.1) is 0 Å². The minimum atomic E-state index is -0.271. The predicted molar refractivity (Wildman–Crippen MR) is 83.5 cm³/mol. The zero-order chi connectivity index (χ0) is 14.5. The van der Waals surface area contributed by atoms with Crippen molar-refractivity contribution in [3.05, 3.63) is 63.1 Å². The number of benzene rings is 1. The Labute approximate surface area is 131 Å². The van der Waals surface area contributed by atoms with E-state index < -0.39 is 0 Å². The molecule has 106 valence electrons. The number of hydrogen-bond donors (Lipinski definition) is 1. The van der Waals surface area contributed by atoms with Gasteiger partial charge < -0.3 is 5.32 Å². The van der Waals surface area contributed by atoms with Crippen LogP contribution in [0.15, 0.2) is 41.1 Å². The van der Waals surface area contributed by atoms with E-state index in [-0.39, 0.29) is 11.9 Å². The van der Waals surface area contributed by atoms with Gasteiger partial charge in [0.25, 0.3) is 0 Å². The maximum absolute atomic E-state index is 13.4. The number of rotatable bonds is 5. The lowest BCUT2D eigenvalue weighted by Gasteiger charge is -2.19. The van der Waals surface area contributed by atoms with E-state index in [9.17, 15) is 4.39 Å². The van der Waals surface area contributed by atoms with Crippen molar-refractivity contribution in [3.63, 3.8) is 0 Å². The fourth-order valence-electron chi connectivity index (χ4n) is 2.09. The third-order valence-corrected chi connectivity index (χ3v) is 3.81. The second-order valence-corrected chi connectivity index (χ2v) is 5.81. The molecule has 20 heavy (non-hydrogen) atoms. The first-order chi connectivity index (χ1) is 9.60. The monoisotopic (exact) mass is 356 g/mol. The van der Waals surface area contributed by atoms with Gasteiger partial charge in [-0.2, -0.15) is 0 Å². The van der Waals surface area contributed by atoms with Crippen molar-refractivity contribution in [2.45, 2.75) is 19.4 Å². The van der Waals surface area contributed by atoms with Crippen LogP contribution in [-0.4, -0.2) is 11.5 Å². The predicted octanol–water partition coefficient (Wildman–Crippen LogP) is 4.53. The first-order valence-corrected chi connectivity index (χ1v) is 7.55. The highest BCUT2D eigenvalue weighted by atomic mass is 79.9. The molecule has 1 heterocycles. The molecule has 2 rings (SSSR count). The minimum Gasteiger partial charge on any atom is -0.310 e. The van der Waals surface area contributed by atoms with Crippen molar-refractivity contribution in [2.75, 3.05) is 6.54 Å². The topological polar surface area (TPSA) is 24.9 Å². The van der Waals surface area contributed by atoms with Gasteiger partial charge in [-0.3, -0.25) is 4.98 Å². The second kappa shape index (κ2) is 7.16. The molecule has 0 amide bonds. The lowest BCUT2D eigenvalue weighted by atomic mass is 10.00. The molecular weight excluding hydrogens is 343 g/mol. The molecule has 0 bridgehead atoms. The van der Waals surface area contributed by atoms with Gasteiger partial charge in [-0.05, 0) is 64.3 Å². The molecule has 5 heteroatoms. The van der Waals surface area contributed by atoms with Crippen LogP contribution in [0.1, 0.15) is 24.1 Å². The number of hydrogen-bond acceptors (Lipinski definition) is 2. The number of likely N-dealkylation sites (N-methyl/N-ethyl adjacent to an activating group) is 1. The summed E-state index contributed by atoms with van der Waals surface area (Å²) in [4.78, 5) is 4.18. The average Bonchev–Trinajstić information content (AvgIpc) is 2.42. The van der Waals surface area contributed by atoms with Gasteiger partial charge in [-0.25, -0.2) is 4.39 Å². The van der Waals surface area contributed by atoms with Gasteiger partial charge in [-0.15, -0.1) is 0 Å². The van der Waals surface area contributed by atoms with E-state index in [1.165, 1.54) is 12.1 Å². The molecule has 1 atom stereocenters. The molecule has 1 unspecified atom stereocenters. The van der Waals surface area contributed by atoms with E-state index in [2.05, 4.69) is 26.2 Å². The fraction of sp³-hybridized carbons (Fsp3) is 0.267. The zero-order valence-corrected chi connectivity index (χ0v) is 13.4. The summed E-state index contributed by atoms with van der Waals surface area (Å²) in [5.74, 6) is -0.271. The highest BCUT2D eigenvalue weighted by Crippen LogP contribution is 2.25. The summed E-state index contributed by atoms with van der Waals surface area (Å²) in [6.07, 6.45) is 4.16. The molecule has 0 saturated carbocycles. The van der Waals surface area contributed by atoms with Crippen LogP contribution in [0, 0.1) is 5.82 Å². The third-order valence-electron chi connectivity index (χ3n) is 3.01. The van der Waals surface area contributed by atoms with E-state index >= 15 is 0 Å². The first kappa shape index (κ1) is 15.4. The maximum Gasteiger partial charge on any atom is 0.123 e. The Morgan fingerprint density at radius 1 is 1.35 bits per heavy atom. The lowest BCUT2D eigenvalue weighted by Crippen LogP contribution is -2.23. The molecule has 0 aliphatic carbocycles. The molecule has 0 aliphatic rings. The Morgan fingerprint density at radius 3 is 2.85 bits per heavy atom. The van der Waals surface area contributed by atoms with Gasteiger partial charge in [0, 0.05) is 27.9 Å². The van der Waals surface area contributed by atoms with Crippen molar-refractivity contribution in [1.29, 1.82) is 0 Å². The number of halogens is 3. The summed E-state index contributed by atoms with van der Waals surface area (Å²) in [6.45, 7) is 2.84. The van der Waals surface area contributed by atoms with Gasteiger partial charge in [0.15, 0.2) is 0 Å². The van der Waals surface area contributed by atoms with Gasteiger partial charge >= 0.3 is 0 Å². The Morgan fingerprint density at radius 2 is 2.15 bits per heavy atom. The molecule has 0 aliphatic heterocycles. The van der Waals surface area contributed by atoms with Crippen LogP contribution < -0.4 is 5.32 Å². The van der Waals surface area contributed by atoms with Crippen molar-refractivity contribution in [2.24, 2.45) is 0 Å². The molecule has 0 spiro atoms. The van der Waals surface area contributed by atoms with Crippen molar-refractivity contribution in [3.8, 4) is 0 Å². The lowest BCUT2D eigenvalue weighted by molar-refractivity contribution is 0.545. The quantitative estimate of drug-likeness (QED) is 0.850. The van der Waals surface area contributed by atoms with Gasteiger partial charge in [-0.1, -0.05) is 18.5 Å². The van der Waals surface area contributed by atoms with Crippen molar-refractivity contribution < 1.29 is 4.39 Å². The summed E-state index contributed by atoms with van der Waals surface area (Å²) >= 11 is 9.56. The van der Waals surface area contributed by atoms with Crippen LogP contribution in [0.4, 0.5) is 4.39 Å². The Kier molecular flexibility index (Phi) is 5.52. The SMILES string of the molecule is CCNC(Cc1cc(F)ccc1Cl)c1cncc(Br)c1. The van der Waals surface area contributed by atoms with E-state index in [4.69, 9.17) is 11.6 Å². The molecule has 0 fully saturated rings. The molecule has 2 aromatic rings. The van der Waals surface area contributed by atoms with E-state index in [1.54, 1.807) is 12.3 Å². The molecule has 1 N–H and O–H groups in total. The van der Waals surface area contributed by atoms with Crippen LogP contribution in [-0.2, 0) is 6.42 Å². The van der Waals surface area contributed by atoms with E-state index in [0.29, 0.717) is 11.4 Å². The van der Waals surface area contributed by atoms with Crippen LogP contribution >= 0.6 is 27.5 Å². The molecule has 0 radical (unpaired) electrons. The molecule has 1 aromatic heterocycles. The Bertz CT molecular complexity index is 592. The van der Waals surface area contributed by atoms with Crippen LogP contribution in [0.5, 0.6) is 0 Å². The van der Waals surface area contributed by atoms with Gasteiger partial charge in [0.2, 0.25) is 0 Å². The van der Waals surface area contributed by atoms with E-state index in [1.807, 2.05) is 19.2 Å². The zero-order valence-electron chi connectivity index (χ0n) is 11.0. The smallest absolute Gasteiger partial charge is 0.123 e. The van der Waals surface area contributed by atoms with E-state index in [0.717, 1.165) is 22.1 Å². The van der Waals surface area contributed by atoms with Crippen LogP contribution in [0.2, 0.25) is 5.02 Å². The number of nitrogens with zero attached hydrogens (tertiary/aromatic N) is 1. The number of nitrogens with one attached hydrogen (secondary N) is 1. The summed E-state index contributed by atoms with van der Waals surface area (Å²) in [7, 11) is 0. The van der Waals surface area contributed by atoms with Crippen molar-refractivity contribution in [1.82, 2.24) is 10.3 Å². The van der Waals surface area contributed by atoms with Crippen LogP contribution in [0.25, 0.3) is 0 Å². The maximum atomic E-state index is 13.4. The molecular formula is C15H15BrClFN2. The van der Waals surface area contributed by atoms with Crippen LogP contribution in [0.3, 0.4) is 0 Å². The third kappa shape index (κ3) is 4.01. The number of aromatic nitrogens is 1. The minimum absolute atomic E-state index is 0.0456. The highest BCUT2D eigenvalue weighted by molar-refractivity contribution is 9.10.